The van der Waals surface area contributed by atoms with E-state index in [4.69, 9.17) is 4.74 Å². The fourth-order valence-corrected chi connectivity index (χ4v) is 4.29. The number of hydrogen-bond donors (Lipinski definition) is 3. The largest absolute Gasteiger partial charge is 0.465 e. The van der Waals surface area contributed by atoms with E-state index in [-0.39, 0.29) is 13.0 Å². The zero-order valence-corrected chi connectivity index (χ0v) is 17.6. The highest BCUT2D eigenvalue weighted by Gasteiger charge is 2.48. The molecule has 2 fully saturated rings. The van der Waals surface area contributed by atoms with Crippen molar-refractivity contribution < 1.29 is 29.4 Å². The van der Waals surface area contributed by atoms with Crippen LogP contribution in [0.25, 0.3) is 0 Å². The zero-order chi connectivity index (χ0) is 22.4. The van der Waals surface area contributed by atoms with Crippen LogP contribution in [-0.2, 0) is 14.3 Å². The Hall–Kier alpha value is -2.85. The van der Waals surface area contributed by atoms with Crippen LogP contribution in [0.4, 0.5) is 10.5 Å². The quantitative estimate of drug-likeness (QED) is 0.451. The number of hydrogen-bond acceptors (Lipinski definition) is 6. The molecule has 0 radical (unpaired) electrons. The first-order valence-electron chi connectivity index (χ1n) is 10.6. The van der Waals surface area contributed by atoms with Crippen LogP contribution in [0.15, 0.2) is 30.3 Å². The van der Waals surface area contributed by atoms with Gasteiger partial charge < -0.3 is 19.6 Å². The fraction of sp³-hybridized carbons (Fsp3) is 0.571. The maximum absolute atomic E-state index is 13.4. The highest BCUT2D eigenvalue weighted by Crippen LogP contribution is 2.28. The van der Waals surface area contributed by atoms with Crippen molar-refractivity contribution in [1.29, 1.82) is 0 Å². The van der Waals surface area contributed by atoms with E-state index in [2.05, 4.69) is 4.90 Å². The molecule has 1 aromatic carbocycles. The summed E-state index contributed by atoms with van der Waals surface area (Å²) < 4.78 is 5.68. The predicted molar refractivity (Wildman–Crippen MR) is 112 cm³/mol. The summed E-state index contributed by atoms with van der Waals surface area (Å²) in [6, 6.07) is 8.65. The van der Waals surface area contributed by atoms with Crippen molar-refractivity contribution in [3.63, 3.8) is 0 Å². The average Bonchev–Trinajstić information content (AvgIpc) is 2.81. The average molecular weight is 434 g/mol. The number of hydroxylamine groups is 1. The minimum absolute atomic E-state index is 0.00489. The van der Waals surface area contributed by atoms with Gasteiger partial charge in [-0.15, -0.1) is 0 Å². The molecule has 31 heavy (non-hydrogen) atoms. The molecule has 2 aliphatic heterocycles. The normalized spacial score (nSPS) is 24.1. The predicted octanol–water partition coefficient (Wildman–Crippen LogP) is 1.00. The molecule has 0 spiro atoms. The summed E-state index contributed by atoms with van der Waals surface area (Å²) >= 11 is 0. The Morgan fingerprint density at radius 1 is 1.13 bits per heavy atom. The number of para-hydroxylation sites is 1. The number of carbonyl (C=O) groups is 3. The third-order valence-electron chi connectivity index (χ3n) is 5.85. The minimum atomic E-state index is -1.29. The first kappa shape index (κ1) is 22.8. The molecule has 0 saturated carbocycles. The Balaban J connectivity index is 1.74. The lowest BCUT2D eigenvalue weighted by Crippen LogP contribution is -2.64. The van der Waals surface area contributed by atoms with E-state index in [0.29, 0.717) is 32.8 Å². The van der Waals surface area contributed by atoms with Crippen molar-refractivity contribution in [1.82, 2.24) is 15.3 Å². The molecular weight excluding hydrogens is 404 g/mol. The summed E-state index contributed by atoms with van der Waals surface area (Å²) in [7, 11) is 0. The second-order valence-corrected chi connectivity index (χ2v) is 7.84. The number of rotatable bonds is 6. The third kappa shape index (κ3) is 5.26. The molecule has 10 nitrogen and oxygen atoms in total. The van der Waals surface area contributed by atoms with Gasteiger partial charge in [0.1, 0.15) is 6.04 Å². The topological polar surface area (TPSA) is 123 Å². The number of piperazine rings is 1. The van der Waals surface area contributed by atoms with Crippen molar-refractivity contribution >= 4 is 23.6 Å². The van der Waals surface area contributed by atoms with Crippen molar-refractivity contribution in [2.75, 3.05) is 44.2 Å². The van der Waals surface area contributed by atoms with E-state index < -0.39 is 36.0 Å². The van der Waals surface area contributed by atoms with Crippen LogP contribution in [0.2, 0.25) is 0 Å². The number of nitrogens with zero attached hydrogens (tertiary/aromatic N) is 3. The number of amides is 3. The number of likely N-dealkylation sites (tertiary alicyclic amines) is 1. The highest BCUT2D eigenvalue weighted by atomic mass is 16.5. The first-order valence-corrected chi connectivity index (χ1v) is 10.6. The molecule has 2 heterocycles. The molecule has 3 unspecified atom stereocenters. The van der Waals surface area contributed by atoms with Crippen LogP contribution < -0.4 is 10.4 Å². The third-order valence-corrected chi connectivity index (χ3v) is 5.85. The van der Waals surface area contributed by atoms with E-state index >= 15 is 0 Å². The molecule has 0 aliphatic carbocycles. The Labute approximate surface area is 181 Å². The van der Waals surface area contributed by atoms with Crippen LogP contribution in [0.1, 0.15) is 19.8 Å². The standard InChI is InChI=1S/C21H30N4O6/c1-2-12-31-16-13-17(19(26)22-30)18(25(14-16)21(28)29)20(27)24-10-8-23(9-11-24)15-6-4-3-5-7-15/h3-7,16-18,30H,2,8-14H2,1H3,(H,22,26)(H,28,29). The molecule has 0 bridgehead atoms. The van der Waals surface area contributed by atoms with Crippen LogP contribution in [0.5, 0.6) is 0 Å². The molecule has 10 heteroatoms. The monoisotopic (exact) mass is 434 g/mol. The van der Waals surface area contributed by atoms with Gasteiger partial charge in [-0.2, -0.15) is 0 Å². The van der Waals surface area contributed by atoms with Crippen molar-refractivity contribution in [3.8, 4) is 0 Å². The van der Waals surface area contributed by atoms with Crippen LogP contribution >= 0.6 is 0 Å². The van der Waals surface area contributed by atoms with Gasteiger partial charge in [0.2, 0.25) is 11.8 Å². The molecule has 170 valence electrons. The minimum Gasteiger partial charge on any atom is -0.465 e. The number of piperidine rings is 1. The Kier molecular flexibility index (Phi) is 7.69. The summed E-state index contributed by atoms with van der Waals surface area (Å²) in [5.74, 6) is -2.23. The second kappa shape index (κ2) is 10.5. The Bertz CT molecular complexity index is 768. The number of anilines is 1. The molecule has 3 rings (SSSR count). The van der Waals surface area contributed by atoms with Gasteiger partial charge in [-0.3, -0.25) is 19.7 Å². The summed E-state index contributed by atoms with van der Waals surface area (Å²) in [6.45, 7) is 4.40. The maximum atomic E-state index is 13.4. The number of carbonyl (C=O) groups excluding carboxylic acids is 2. The molecule has 2 aliphatic rings. The second-order valence-electron chi connectivity index (χ2n) is 7.84. The number of carboxylic acid groups (broad SMARTS) is 1. The Morgan fingerprint density at radius 2 is 1.81 bits per heavy atom. The van der Waals surface area contributed by atoms with Gasteiger partial charge in [0, 0.05) is 38.5 Å². The molecule has 0 aromatic heterocycles. The number of ether oxygens (including phenoxy) is 1. The van der Waals surface area contributed by atoms with E-state index in [0.717, 1.165) is 17.0 Å². The smallest absolute Gasteiger partial charge is 0.408 e. The SMILES string of the molecule is CCCOC1CC(C(=O)NO)C(C(=O)N2CCN(c3ccccc3)CC2)N(C(=O)O)C1. The van der Waals surface area contributed by atoms with Gasteiger partial charge in [-0.25, -0.2) is 10.3 Å². The summed E-state index contributed by atoms with van der Waals surface area (Å²) in [5, 5.41) is 19.0. The lowest BCUT2D eigenvalue weighted by Gasteiger charge is -2.44. The lowest BCUT2D eigenvalue weighted by molar-refractivity contribution is -0.153. The van der Waals surface area contributed by atoms with Crippen LogP contribution in [-0.4, -0.2) is 89.5 Å². The van der Waals surface area contributed by atoms with Gasteiger partial charge in [-0.05, 0) is 25.0 Å². The van der Waals surface area contributed by atoms with Crippen LogP contribution in [0, 0.1) is 5.92 Å². The van der Waals surface area contributed by atoms with Crippen molar-refractivity contribution in [3.05, 3.63) is 30.3 Å². The highest BCUT2D eigenvalue weighted by molar-refractivity contribution is 5.92. The molecule has 3 amide bonds. The molecule has 2 saturated heterocycles. The Morgan fingerprint density at radius 3 is 2.39 bits per heavy atom. The van der Waals surface area contributed by atoms with E-state index in [1.54, 1.807) is 10.4 Å². The summed E-state index contributed by atoms with van der Waals surface area (Å²) in [4.78, 5) is 42.4. The number of nitrogens with one attached hydrogen (secondary N) is 1. The van der Waals surface area contributed by atoms with Gasteiger partial charge in [0.05, 0.1) is 18.6 Å². The maximum Gasteiger partial charge on any atom is 0.408 e. The van der Waals surface area contributed by atoms with Gasteiger partial charge >= 0.3 is 6.09 Å². The molecule has 3 atom stereocenters. The van der Waals surface area contributed by atoms with E-state index in [1.807, 2.05) is 37.3 Å². The molecular formula is C21H30N4O6. The number of benzene rings is 1. The van der Waals surface area contributed by atoms with Crippen molar-refractivity contribution in [2.24, 2.45) is 5.92 Å². The fourth-order valence-electron chi connectivity index (χ4n) is 4.29. The van der Waals surface area contributed by atoms with Crippen molar-refractivity contribution in [2.45, 2.75) is 31.9 Å². The van der Waals surface area contributed by atoms with Gasteiger partial charge in [0.15, 0.2) is 0 Å². The molecule has 1 aromatic rings. The summed E-state index contributed by atoms with van der Waals surface area (Å²) in [6.07, 6.45) is -0.899. The van der Waals surface area contributed by atoms with E-state index in [1.165, 1.54) is 0 Å². The molecule has 3 N–H and O–H groups in total. The van der Waals surface area contributed by atoms with Gasteiger partial charge in [0.25, 0.3) is 0 Å². The van der Waals surface area contributed by atoms with E-state index in [9.17, 15) is 24.7 Å². The van der Waals surface area contributed by atoms with Crippen LogP contribution in [0.3, 0.4) is 0 Å². The lowest BCUT2D eigenvalue weighted by atomic mass is 9.86. The first-order chi connectivity index (χ1) is 15.0. The van der Waals surface area contributed by atoms with Gasteiger partial charge in [-0.1, -0.05) is 25.1 Å². The summed E-state index contributed by atoms with van der Waals surface area (Å²) in [5.41, 5.74) is 2.66. The zero-order valence-electron chi connectivity index (χ0n) is 17.6.